The van der Waals surface area contributed by atoms with Gasteiger partial charge in [0.25, 0.3) is 0 Å². The van der Waals surface area contributed by atoms with Gasteiger partial charge in [-0.25, -0.2) is 23.7 Å². The van der Waals surface area contributed by atoms with Gasteiger partial charge in [0.1, 0.15) is 18.0 Å². The molecule has 4 heterocycles. The van der Waals surface area contributed by atoms with Crippen LogP contribution in [0.2, 0.25) is 0 Å². The first-order chi connectivity index (χ1) is 13.7. The molecule has 0 atom stereocenters. The predicted octanol–water partition coefficient (Wildman–Crippen LogP) is 3.41. The van der Waals surface area contributed by atoms with Gasteiger partial charge in [-0.2, -0.15) is 5.10 Å². The monoisotopic (exact) mass is 381 g/mol. The minimum Gasteiger partial charge on any atom is -0.356 e. The van der Waals surface area contributed by atoms with E-state index < -0.39 is 11.6 Å². The van der Waals surface area contributed by atoms with Crippen molar-refractivity contribution in [3.05, 3.63) is 54.4 Å². The number of H-pyrrole nitrogens is 2. The first-order valence-electron chi connectivity index (χ1n) is 9.08. The van der Waals surface area contributed by atoms with E-state index in [1.54, 1.807) is 24.8 Å². The lowest BCUT2D eigenvalue weighted by Gasteiger charge is -2.32. The zero-order valence-electron chi connectivity index (χ0n) is 14.9. The smallest absolute Gasteiger partial charge is 0.160 e. The van der Waals surface area contributed by atoms with Crippen molar-refractivity contribution in [3.63, 3.8) is 0 Å². The number of hydrogen-bond acceptors (Lipinski definition) is 5. The highest BCUT2D eigenvalue weighted by atomic mass is 19.2. The molecule has 4 aromatic rings. The zero-order chi connectivity index (χ0) is 19.1. The Labute approximate surface area is 158 Å². The Morgan fingerprint density at radius 2 is 1.86 bits per heavy atom. The van der Waals surface area contributed by atoms with Gasteiger partial charge in [0.05, 0.1) is 23.5 Å². The summed E-state index contributed by atoms with van der Waals surface area (Å²) in [5.41, 5.74) is 2.00. The quantitative estimate of drug-likeness (QED) is 0.568. The highest BCUT2D eigenvalue weighted by Gasteiger charge is 2.25. The van der Waals surface area contributed by atoms with E-state index in [9.17, 15) is 8.78 Å². The van der Waals surface area contributed by atoms with E-state index in [0.29, 0.717) is 11.3 Å². The molecule has 0 aliphatic carbocycles. The summed E-state index contributed by atoms with van der Waals surface area (Å²) in [6, 6.07) is 3.85. The van der Waals surface area contributed by atoms with E-state index in [1.165, 1.54) is 6.07 Å². The number of anilines is 1. The van der Waals surface area contributed by atoms with Gasteiger partial charge in [0.15, 0.2) is 17.3 Å². The standard InChI is InChI=1S/C19H17F2N7/c20-14-2-1-12(7-15(14)21)16-9-22-17(26-16)11-3-5-28(6-4-11)19-13-8-25-27-18(13)23-10-24-19/h1-2,7-11H,3-6H2,(H,22,26)(H,23,24,25,27). The molecule has 3 aromatic heterocycles. The normalized spacial score (nSPS) is 15.4. The number of nitrogens with one attached hydrogen (secondary N) is 2. The molecule has 1 aliphatic heterocycles. The minimum atomic E-state index is -0.864. The third-order valence-electron chi connectivity index (χ3n) is 5.23. The van der Waals surface area contributed by atoms with Gasteiger partial charge in [-0.3, -0.25) is 5.10 Å². The van der Waals surface area contributed by atoms with Crippen molar-refractivity contribution in [1.82, 2.24) is 30.1 Å². The third-order valence-corrected chi connectivity index (χ3v) is 5.23. The molecule has 0 spiro atoms. The molecular weight excluding hydrogens is 364 g/mol. The van der Waals surface area contributed by atoms with Crippen LogP contribution in [0, 0.1) is 11.6 Å². The molecule has 1 aliphatic rings. The summed E-state index contributed by atoms with van der Waals surface area (Å²) in [6.45, 7) is 1.67. The van der Waals surface area contributed by atoms with Crippen LogP contribution in [-0.2, 0) is 0 Å². The number of imidazole rings is 1. The number of aromatic amines is 2. The predicted molar refractivity (Wildman–Crippen MR) is 99.8 cm³/mol. The first-order valence-corrected chi connectivity index (χ1v) is 9.08. The summed E-state index contributed by atoms with van der Waals surface area (Å²) in [7, 11) is 0. The number of piperidine rings is 1. The minimum absolute atomic E-state index is 0.275. The third kappa shape index (κ3) is 2.88. The molecule has 0 unspecified atom stereocenters. The lowest BCUT2D eigenvalue weighted by molar-refractivity contribution is 0.487. The highest BCUT2D eigenvalue weighted by Crippen LogP contribution is 2.31. The van der Waals surface area contributed by atoms with Crippen LogP contribution in [-0.4, -0.2) is 43.2 Å². The Morgan fingerprint density at radius 3 is 2.68 bits per heavy atom. The van der Waals surface area contributed by atoms with Crippen molar-refractivity contribution in [1.29, 1.82) is 0 Å². The lowest BCUT2D eigenvalue weighted by Crippen LogP contribution is -2.33. The molecule has 0 radical (unpaired) electrons. The van der Waals surface area contributed by atoms with Gasteiger partial charge in [0.2, 0.25) is 0 Å². The van der Waals surface area contributed by atoms with Crippen molar-refractivity contribution < 1.29 is 8.78 Å². The number of rotatable bonds is 3. The summed E-state index contributed by atoms with van der Waals surface area (Å²) < 4.78 is 26.6. The summed E-state index contributed by atoms with van der Waals surface area (Å²) in [5, 5.41) is 7.83. The average molecular weight is 381 g/mol. The van der Waals surface area contributed by atoms with Gasteiger partial charge in [0, 0.05) is 24.6 Å². The van der Waals surface area contributed by atoms with Crippen LogP contribution >= 0.6 is 0 Å². The number of hydrogen-bond donors (Lipinski definition) is 2. The van der Waals surface area contributed by atoms with Crippen molar-refractivity contribution in [2.24, 2.45) is 0 Å². The molecule has 5 rings (SSSR count). The lowest BCUT2D eigenvalue weighted by atomic mass is 9.96. The average Bonchev–Trinajstić information content (AvgIpc) is 3.39. The molecule has 1 fully saturated rings. The SMILES string of the molecule is Fc1ccc(-c2cnc(C3CCN(c4ncnc5[nH]ncc45)CC3)[nH]2)cc1F. The Hall–Kier alpha value is -3.36. The number of halogens is 2. The molecule has 142 valence electrons. The fourth-order valence-electron chi connectivity index (χ4n) is 3.72. The summed E-state index contributed by atoms with van der Waals surface area (Å²) in [6.07, 6.45) is 6.79. The second-order valence-corrected chi connectivity index (χ2v) is 6.90. The van der Waals surface area contributed by atoms with E-state index in [1.807, 2.05) is 0 Å². The molecule has 0 bridgehead atoms. The molecule has 1 saturated heterocycles. The van der Waals surface area contributed by atoms with Crippen LogP contribution in [0.1, 0.15) is 24.6 Å². The Kier molecular flexibility index (Phi) is 4.00. The fraction of sp³-hybridized carbons (Fsp3) is 0.263. The van der Waals surface area contributed by atoms with Crippen LogP contribution in [0.3, 0.4) is 0 Å². The molecule has 0 saturated carbocycles. The van der Waals surface area contributed by atoms with E-state index in [4.69, 9.17) is 0 Å². The topological polar surface area (TPSA) is 86.4 Å². The Balaban J connectivity index is 1.31. The molecular formula is C19H17F2N7. The van der Waals surface area contributed by atoms with Crippen molar-refractivity contribution in [3.8, 4) is 11.3 Å². The molecule has 9 heteroatoms. The van der Waals surface area contributed by atoms with E-state index >= 15 is 0 Å². The van der Waals surface area contributed by atoms with Crippen molar-refractivity contribution >= 4 is 16.9 Å². The van der Waals surface area contributed by atoms with Gasteiger partial charge in [-0.1, -0.05) is 0 Å². The zero-order valence-corrected chi connectivity index (χ0v) is 14.9. The van der Waals surface area contributed by atoms with Gasteiger partial charge in [-0.05, 0) is 31.0 Å². The first kappa shape index (κ1) is 16.8. The summed E-state index contributed by atoms with van der Waals surface area (Å²) >= 11 is 0. The summed E-state index contributed by atoms with van der Waals surface area (Å²) in [4.78, 5) is 18.6. The molecule has 7 nitrogen and oxygen atoms in total. The Morgan fingerprint density at radius 1 is 1.00 bits per heavy atom. The number of nitrogens with zero attached hydrogens (tertiary/aromatic N) is 5. The van der Waals surface area contributed by atoms with Crippen LogP contribution in [0.5, 0.6) is 0 Å². The maximum atomic E-state index is 13.5. The van der Waals surface area contributed by atoms with Crippen molar-refractivity contribution in [2.45, 2.75) is 18.8 Å². The molecule has 2 N–H and O–H groups in total. The van der Waals surface area contributed by atoms with Crippen LogP contribution in [0.25, 0.3) is 22.3 Å². The number of benzene rings is 1. The van der Waals surface area contributed by atoms with E-state index in [-0.39, 0.29) is 5.92 Å². The maximum Gasteiger partial charge on any atom is 0.160 e. The maximum absolute atomic E-state index is 13.5. The van der Waals surface area contributed by atoms with E-state index in [0.717, 1.165) is 54.7 Å². The number of fused-ring (bicyclic) bond motifs is 1. The molecule has 1 aromatic carbocycles. The summed E-state index contributed by atoms with van der Waals surface area (Å²) in [5.74, 6) is 0.316. The highest BCUT2D eigenvalue weighted by molar-refractivity contribution is 5.86. The number of aromatic nitrogens is 6. The largest absolute Gasteiger partial charge is 0.356 e. The molecule has 0 amide bonds. The molecule has 28 heavy (non-hydrogen) atoms. The fourth-order valence-corrected chi connectivity index (χ4v) is 3.72. The van der Waals surface area contributed by atoms with Crippen molar-refractivity contribution in [2.75, 3.05) is 18.0 Å². The van der Waals surface area contributed by atoms with Crippen LogP contribution in [0.4, 0.5) is 14.6 Å². The van der Waals surface area contributed by atoms with Gasteiger partial charge >= 0.3 is 0 Å². The van der Waals surface area contributed by atoms with E-state index in [2.05, 4.69) is 35.0 Å². The second-order valence-electron chi connectivity index (χ2n) is 6.90. The van der Waals surface area contributed by atoms with Crippen LogP contribution < -0.4 is 4.90 Å². The second kappa shape index (κ2) is 6.66. The van der Waals surface area contributed by atoms with Crippen LogP contribution in [0.15, 0.2) is 36.9 Å². The van der Waals surface area contributed by atoms with Gasteiger partial charge < -0.3 is 9.88 Å². The van der Waals surface area contributed by atoms with Gasteiger partial charge in [-0.15, -0.1) is 0 Å². The Bertz CT molecular complexity index is 1130.